The van der Waals surface area contributed by atoms with Gasteiger partial charge in [-0.3, -0.25) is 0 Å². The number of hydrogen-bond acceptors (Lipinski definition) is 2. The van der Waals surface area contributed by atoms with E-state index >= 15 is 0 Å². The zero-order chi connectivity index (χ0) is 9.07. The Balaban J connectivity index is 4.23. The minimum atomic E-state index is -1.44. The Kier molecular flexibility index (Phi) is 4.29. The summed E-state index contributed by atoms with van der Waals surface area (Å²) in [5.74, 6) is 0. The molecule has 0 aromatic rings. The van der Waals surface area contributed by atoms with Crippen LogP contribution in [0.25, 0.3) is 0 Å². The van der Waals surface area contributed by atoms with Crippen LogP contribution in [0, 0.1) is 0 Å². The fourth-order valence-corrected chi connectivity index (χ4v) is 4.11. The molecule has 11 heavy (non-hydrogen) atoms. The summed E-state index contributed by atoms with van der Waals surface area (Å²) in [7, 11) is 4.64. The van der Waals surface area contributed by atoms with Gasteiger partial charge in [0.1, 0.15) is 0 Å². The Morgan fingerprint density at radius 2 is 1.82 bits per heavy atom. The Bertz CT molecular complexity index is 115. The van der Waals surface area contributed by atoms with Crippen LogP contribution >= 0.6 is 0 Å². The van der Waals surface area contributed by atoms with Crippen LogP contribution in [0.1, 0.15) is 13.3 Å². The highest BCUT2D eigenvalue weighted by molar-refractivity contribution is 6.72. The molecule has 0 amide bonds. The summed E-state index contributed by atoms with van der Waals surface area (Å²) in [6, 6.07) is 0. The molecule has 0 saturated carbocycles. The molecule has 1 atom stereocenters. The van der Waals surface area contributed by atoms with E-state index in [9.17, 15) is 0 Å². The molecule has 2 nitrogen and oxygen atoms in total. The number of rotatable bonds is 4. The van der Waals surface area contributed by atoms with Crippen molar-refractivity contribution >= 4 is 8.32 Å². The van der Waals surface area contributed by atoms with Crippen molar-refractivity contribution in [2.75, 3.05) is 21.2 Å². The lowest BCUT2D eigenvalue weighted by molar-refractivity contribution is 0.296. The van der Waals surface area contributed by atoms with E-state index in [4.69, 9.17) is 4.43 Å². The lowest BCUT2D eigenvalue weighted by Crippen LogP contribution is -2.51. The van der Waals surface area contributed by atoms with Gasteiger partial charge in [-0.2, -0.15) is 0 Å². The van der Waals surface area contributed by atoms with Crippen LogP contribution in [0.5, 0.6) is 0 Å². The van der Waals surface area contributed by atoms with Crippen LogP contribution in [0.3, 0.4) is 0 Å². The van der Waals surface area contributed by atoms with Crippen molar-refractivity contribution in [1.82, 2.24) is 4.90 Å². The van der Waals surface area contributed by atoms with Crippen LogP contribution in [0.4, 0.5) is 0 Å². The molecule has 0 aliphatic carbocycles. The molecular weight excluding hydrogens is 154 g/mol. The molecule has 0 heterocycles. The summed E-state index contributed by atoms with van der Waals surface area (Å²) in [6.45, 7) is 6.75. The SMILES string of the molecule is CCC(N(C)C)[Si](C)(C)OC. The molecule has 0 saturated heterocycles. The van der Waals surface area contributed by atoms with Gasteiger partial charge in [0.15, 0.2) is 0 Å². The summed E-state index contributed by atoms with van der Waals surface area (Å²) in [4.78, 5) is 2.27. The van der Waals surface area contributed by atoms with Crippen molar-refractivity contribution < 1.29 is 4.43 Å². The third-order valence-corrected chi connectivity index (χ3v) is 5.92. The molecule has 0 aliphatic rings. The van der Waals surface area contributed by atoms with E-state index < -0.39 is 8.32 Å². The van der Waals surface area contributed by atoms with Crippen molar-refractivity contribution in [1.29, 1.82) is 0 Å². The average molecular weight is 175 g/mol. The highest BCUT2D eigenvalue weighted by atomic mass is 28.4. The first-order valence-electron chi connectivity index (χ1n) is 4.17. The largest absolute Gasteiger partial charge is 0.419 e. The van der Waals surface area contributed by atoms with Crippen molar-refractivity contribution in [2.45, 2.75) is 32.1 Å². The van der Waals surface area contributed by atoms with Crippen molar-refractivity contribution in [2.24, 2.45) is 0 Å². The predicted octanol–water partition coefficient (Wildman–Crippen LogP) is 1.72. The quantitative estimate of drug-likeness (QED) is 0.603. The molecule has 0 aliphatic heterocycles. The molecule has 0 N–H and O–H groups in total. The molecule has 3 heteroatoms. The van der Waals surface area contributed by atoms with E-state index in [0.717, 1.165) is 0 Å². The smallest absolute Gasteiger partial charge is 0.202 e. The first-order valence-corrected chi connectivity index (χ1v) is 7.15. The van der Waals surface area contributed by atoms with Gasteiger partial charge in [0.05, 0.1) is 0 Å². The third-order valence-electron chi connectivity index (χ3n) is 2.34. The minimum absolute atomic E-state index is 0.632. The topological polar surface area (TPSA) is 12.5 Å². The zero-order valence-electron chi connectivity index (χ0n) is 8.64. The Morgan fingerprint density at radius 3 is 1.91 bits per heavy atom. The first kappa shape index (κ1) is 11.1. The maximum atomic E-state index is 5.55. The minimum Gasteiger partial charge on any atom is -0.419 e. The van der Waals surface area contributed by atoms with E-state index in [1.807, 2.05) is 7.11 Å². The van der Waals surface area contributed by atoms with E-state index in [2.05, 4.69) is 39.0 Å². The fourth-order valence-electron chi connectivity index (χ4n) is 1.61. The van der Waals surface area contributed by atoms with Gasteiger partial charge in [0, 0.05) is 12.8 Å². The second-order valence-corrected chi connectivity index (χ2v) is 7.98. The van der Waals surface area contributed by atoms with Crippen LogP contribution in [-0.4, -0.2) is 40.1 Å². The standard InChI is InChI=1S/C8H21NOSi/c1-7-8(9(2)3)11(5,6)10-4/h8H,7H2,1-6H3. The lowest BCUT2D eigenvalue weighted by atomic mass is 10.4. The zero-order valence-corrected chi connectivity index (χ0v) is 9.64. The summed E-state index contributed by atoms with van der Waals surface area (Å²) in [5.41, 5.74) is 0.632. The van der Waals surface area contributed by atoms with E-state index in [0.29, 0.717) is 5.67 Å². The van der Waals surface area contributed by atoms with E-state index in [1.165, 1.54) is 6.42 Å². The van der Waals surface area contributed by atoms with Gasteiger partial charge in [-0.15, -0.1) is 0 Å². The summed E-state index contributed by atoms with van der Waals surface area (Å²) in [5, 5.41) is 0. The van der Waals surface area contributed by atoms with Gasteiger partial charge in [0.2, 0.25) is 8.32 Å². The highest BCUT2D eigenvalue weighted by Gasteiger charge is 2.32. The van der Waals surface area contributed by atoms with Crippen LogP contribution in [0.15, 0.2) is 0 Å². The third kappa shape index (κ3) is 2.93. The summed E-state index contributed by atoms with van der Waals surface area (Å²) in [6.07, 6.45) is 1.18. The van der Waals surface area contributed by atoms with E-state index in [1.54, 1.807) is 0 Å². The maximum absolute atomic E-state index is 5.55. The summed E-state index contributed by atoms with van der Waals surface area (Å²) < 4.78 is 5.55. The van der Waals surface area contributed by atoms with Gasteiger partial charge in [-0.05, 0) is 33.6 Å². The van der Waals surface area contributed by atoms with Gasteiger partial charge in [0.25, 0.3) is 0 Å². The average Bonchev–Trinajstić information content (AvgIpc) is 1.88. The van der Waals surface area contributed by atoms with Gasteiger partial charge >= 0.3 is 0 Å². The molecular formula is C8H21NOSi. The van der Waals surface area contributed by atoms with Crippen LogP contribution < -0.4 is 0 Å². The molecule has 0 bridgehead atoms. The number of nitrogens with zero attached hydrogens (tertiary/aromatic N) is 1. The summed E-state index contributed by atoms with van der Waals surface area (Å²) >= 11 is 0. The van der Waals surface area contributed by atoms with Crippen LogP contribution in [-0.2, 0) is 4.43 Å². The Hall–Kier alpha value is 0.137. The second kappa shape index (κ2) is 4.23. The molecule has 0 fully saturated rings. The maximum Gasteiger partial charge on any atom is 0.202 e. The molecule has 0 spiro atoms. The monoisotopic (exact) mass is 175 g/mol. The molecule has 0 aromatic heterocycles. The molecule has 0 radical (unpaired) electrons. The highest BCUT2D eigenvalue weighted by Crippen LogP contribution is 2.15. The normalized spacial score (nSPS) is 15.5. The van der Waals surface area contributed by atoms with Gasteiger partial charge in [-0.25, -0.2) is 0 Å². The van der Waals surface area contributed by atoms with Crippen molar-refractivity contribution in [3.8, 4) is 0 Å². The molecule has 1 unspecified atom stereocenters. The molecule has 0 aromatic carbocycles. The van der Waals surface area contributed by atoms with E-state index in [-0.39, 0.29) is 0 Å². The predicted molar refractivity (Wildman–Crippen MR) is 52.3 cm³/mol. The van der Waals surface area contributed by atoms with Crippen molar-refractivity contribution in [3.63, 3.8) is 0 Å². The number of hydrogen-bond donors (Lipinski definition) is 0. The van der Waals surface area contributed by atoms with Crippen molar-refractivity contribution in [3.05, 3.63) is 0 Å². The first-order chi connectivity index (χ1) is 4.95. The Morgan fingerprint density at radius 1 is 1.36 bits per heavy atom. The van der Waals surface area contributed by atoms with Gasteiger partial charge < -0.3 is 9.33 Å². The second-order valence-electron chi connectivity index (χ2n) is 3.70. The van der Waals surface area contributed by atoms with Gasteiger partial charge in [-0.1, -0.05) is 6.92 Å². The lowest BCUT2D eigenvalue weighted by Gasteiger charge is -2.34. The van der Waals surface area contributed by atoms with Crippen LogP contribution in [0.2, 0.25) is 13.1 Å². The molecule has 68 valence electrons. The fraction of sp³-hybridized carbons (Fsp3) is 1.00. The Labute approximate surface area is 71.7 Å². The molecule has 0 rings (SSSR count).